The van der Waals surface area contributed by atoms with Gasteiger partial charge in [0.25, 0.3) is 0 Å². The number of nitrogens with one attached hydrogen (secondary N) is 1. The van der Waals surface area contributed by atoms with Crippen LogP contribution < -0.4 is 0 Å². The highest BCUT2D eigenvalue weighted by Crippen LogP contribution is 2.70. The molecule has 0 radical (unpaired) electrons. The predicted molar refractivity (Wildman–Crippen MR) is 238 cm³/mol. The summed E-state index contributed by atoms with van der Waals surface area (Å²) in [5.74, 6) is -2.99. The molecule has 2 aliphatic carbocycles. The van der Waals surface area contributed by atoms with Crippen LogP contribution in [0.1, 0.15) is 89.1 Å². The lowest BCUT2D eigenvalue weighted by molar-refractivity contribution is -0.242. The Balaban J connectivity index is 1.36. The Morgan fingerprint density at radius 3 is 2.31 bits per heavy atom. The van der Waals surface area contributed by atoms with Gasteiger partial charge in [-0.15, -0.1) is 0 Å². The number of amides is 1. The van der Waals surface area contributed by atoms with Gasteiger partial charge in [-0.05, 0) is 104 Å². The molecular formula is C50H66N4O10. The van der Waals surface area contributed by atoms with Crippen LogP contribution in [0.4, 0.5) is 0 Å². The van der Waals surface area contributed by atoms with Crippen molar-refractivity contribution in [2.75, 3.05) is 54.1 Å². The number of rotatable bonds is 10. The minimum atomic E-state index is -2.52. The number of aryl methyl sites for hydroxylation is 2. The quantitative estimate of drug-likeness (QED) is 0.134. The Hall–Kier alpha value is -4.34. The molecule has 9 rings (SSSR count). The van der Waals surface area contributed by atoms with E-state index < -0.39 is 75.6 Å². The molecule has 4 fully saturated rings. The maximum Gasteiger partial charge on any atom is 0.344 e. The molecule has 1 aromatic carbocycles. The number of carbonyl (C=O) groups excluding carboxylic acids is 4. The largest absolute Gasteiger partial charge is 0.468 e. The fourth-order valence-corrected chi connectivity index (χ4v) is 14.6. The lowest BCUT2D eigenvalue weighted by atomic mass is 9.47. The van der Waals surface area contributed by atoms with Crippen LogP contribution in [0, 0.1) is 22.7 Å². The van der Waals surface area contributed by atoms with Gasteiger partial charge in [-0.25, -0.2) is 4.79 Å². The van der Waals surface area contributed by atoms with Crippen LogP contribution in [0.2, 0.25) is 0 Å². The molecule has 1 spiro atoms. The van der Waals surface area contributed by atoms with E-state index in [0.29, 0.717) is 83.4 Å². The summed E-state index contributed by atoms with van der Waals surface area (Å²) in [4.78, 5) is 67.0. The molecule has 12 atom stereocenters. The van der Waals surface area contributed by atoms with Gasteiger partial charge in [0.15, 0.2) is 6.10 Å². The highest BCUT2D eigenvalue weighted by Gasteiger charge is 2.82. The monoisotopic (exact) mass is 882 g/mol. The number of hydrogen-bond acceptors (Lipinski definition) is 12. The van der Waals surface area contributed by atoms with Crippen molar-refractivity contribution in [3.8, 4) is 0 Å². The number of H-pyrrole nitrogens is 1. The number of nitrogens with zero attached hydrogens (tertiary/aromatic N) is 3. The van der Waals surface area contributed by atoms with Gasteiger partial charge in [-0.1, -0.05) is 45.9 Å². The Morgan fingerprint density at radius 2 is 1.67 bits per heavy atom. The topological polar surface area (TPSA) is 171 Å². The number of allylic oxidation sites excluding steroid dienone is 1. The maximum atomic E-state index is 15.6. The van der Waals surface area contributed by atoms with Gasteiger partial charge in [0.1, 0.15) is 5.41 Å². The first-order valence-corrected chi connectivity index (χ1v) is 23.5. The van der Waals surface area contributed by atoms with Crippen molar-refractivity contribution >= 4 is 35.2 Å². The molecule has 1 saturated carbocycles. The molecule has 14 nitrogen and oxygen atoms in total. The molecule has 3 saturated heterocycles. The van der Waals surface area contributed by atoms with E-state index in [-0.39, 0.29) is 5.92 Å². The van der Waals surface area contributed by atoms with Gasteiger partial charge in [-0.2, -0.15) is 0 Å². The SMILES string of the molecule is CCc1cc2[nH]c3c(c2cc1CC)CCN1C[C@H](C[C@@](O)(CC)C1)C[C@]3(C(=O)OC)C1C=C2C(=CC1OC)N(C=O)[C@H]1[C@@](O)(C(=O)OC)[C@H](OC(C)=O)[C@]3(CC)C=CCN4CC[C@]21[C@@H]43. The molecule has 2 aromatic rings. The normalized spacial score (nSPS) is 38.7. The zero-order valence-corrected chi connectivity index (χ0v) is 38.7. The number of piperidine rings is 1. The van der Waals surface area contributed by atoms with Crippen LogP contribution in [0.5, 0.6) is 0 Å². The van der Waals surface area contributed by atoms with Crippen LogP contribution in [-0.4, -0.2) is 144 Å². The maximum absolute atomic E-state index is 15.6. The van der Waals surface area contributed by atoms with Gasteiger partial charge >= 0.3 is 17.9 Å². The third kappa shape index (κ3) is 5.93. The van der Waals surface area contributed by atoms with E-state index >= 15 is 4.79 Å². The van der Waals surface area contributed by atoms with Crippen molar-refractivity contribution in [3.05, 3.63) is 70.1 Å². The highest BCUT2D eigenvalue weighted by atomic mass is 16.6. The van der Waals surface area contributed by atoms with Crippen molar-refractivity contribution in [1.29, 1.82) is 0 Å². The lowest BCUT2D eigenvalue weighted by Gasteiger charge is -2.63. The second-order valence-electron chi connectivity index (χ2n) is 19.8. The number of benzene rings is 1. The number of likely N-dealkylation sites (tertiary alicyclic amines) is 1. The van der Waals surface area contributed by atoms with E-state index in [1.807, 2.05) is 32.1 Å². The van der Waals surface area contributed by atoms with Gasteiger partial charge in [0.05, 0.1) is 32.0 Å². The Labute approximate surface area is 376 Å². The van der Waals surface area contributed by atoms with E-state index in [0.717, 1.165) is 40.6 Å². The molecule has 14 heteroatoms. The molecule has 346 valence electrons. The second kappa shape index (κ2) is 15.9. The van der Waals surface area contributed by atoms with Gasteiger partial charge in [-0.3, -0.25) is 24.2 Å². The fourth-order valence-electron chi connectivity index (χ4n) is 14.6. The first-order chi connectivity index (χ1) is 30.6. The third-order valence-electron chi connectivity index (χ3n) is 17.1. The number of ether oxygens (including phenoxy) is 4. The lowest BCUT2D eigenvalue weighted by Crippen LogP contribution is -2.80. The zero-order valence-electron chi connectivity index (χ0n) is 38.7. The highest BCUT2D eigenvalue weighted by molar-refractivity contribution is 5.92. The molecular weight excluding hydrogens is 817 g/mol. The minimum Gasteiger partial charge on any atom is -0.468 e. The standard InChI is InChI=1S/C50H66N4O10/c1-9-31-20-34-33-14-18-52-26-30(24-46(59,11-3)27-52)25-49(44(57)62-7,40(33)51-37(34)21-32(31)10-2)36-22-35-38(23-39(36)61-6)54(28-55)42-48(35)16-19-53-17-13-15-47(12-4,41(48)53)43(64-29(5)56)50(42,60)45(58)63-8/h13,15,20-23,28,30,36,39,41-43,51,59-60H,9-12,14,16-19,24-27H2,1-8H3/t30-,36?,39?,41+,42-,43-,46+,47-,48-,49+,50+/m1/s1. The van der Waals surface area contributed by atoms with E-state index in [2.05, 4.69) is 46.8 Å². The number of methoxy groups -OCH3 is 3. The van der Waals surface area contributed by atoms with Gasteiger partial charge in [0.2, 0.25) is 12.0 Å². The smallest absolute Gasteiger partial charge is 0.344 e. The number of fused-ring (bicyclic) bond motifs is 6. The van der Waals surface area contributed by atoms with E-state index in [1.54, 1.807) is 7.11 Å². The molecule has 2 bridgehead atoms. The van der Waals surface area contributed by atoms with Crippen molar-refractivity contribution in [2.45, 2.75) is 127 Å². The van der Waals surface area contributed by atoms with Crippen LogP contribution in [0.15, 0.2) is 47.7 Å². The minimum absolute atomic E-state index is 0.128. The molecule has 7 aliphatic rings. The Kier molecular flexibility index (Phi) is 11.2. The third-order valence-corrected chi connectivity index (χ3v) is 17.1. The van der Waals surface area contributed by atoms with Gasteiger partial charge in [0, 0.05) is 85.3 Å². The van der Waals surface area contributed by atoms with Crippen molar-refractivity contribution in [3.63, 3.8) is 0 Å². The van der Waals surface area contributed by atoms with Crippen LogP contribution in [0.3, 0.4) is 0 Å². The van der Waals surface area contributed by atoms with Crippen molar-refractivity contribution < 1.29 is 48.3 Å². The van der Waals surface area contributed by atoms with E-state index in [1.165, 1.54) is 37.2 Å². The summed E-state index contributed by atoms with van der Waals surface area (Å²) >= 11 is 0. The number of carbonyl (C=O) groups is 4. The van der Waals surface area contributed by atoms with Crippen LogP contribution in [-0.2, 0) is 62.8 Å². The first-order valence-electron chi connectivity index (χ1n) is 23.5. The van der Waals surface area contributed by atoms with E-state index in [9.17, 15) is 24.6 Å². The van der Waals surface area contributed by atoms with E-state index in [4.69, 9.17) is 18.9 Å². The number of aromatic nitrogens is 1. The average Bonchev–Trinajstić information content (AvgIpc) is 3.97. The summed E-state index contributed by atoms with van der Waals surface area (Å²) in [5, 5.41) is 26.6. The predicted octanol–water partition coefficient (Wildman–Crippen LogP) is 4.28. The molecule has 6 heterocycles. The van der Waals surface area contributed by atoms with Gasteiger partial charge < -0.3 is 39.0 Å². The summed E-state index contributed by atoms with van der Waals surface area (Å²) in [7, 11) is 4.22. The number of aromatic amines is 1. The summed E-state index contributed by atoms with van der Waals surface area (Å²) in [5.41, 5.74) is -0.669. The Morgan fingerprint density at radius 1 is 0.938 bits per heavy atom. The fraction of sp³-hybridized carbons (Fsp3) is 0.640. The summed E-state index contributed by atoms with van der Waals surface area (Å²) in [6.07, 6.45) is 11.0. The molecule has 3 N–H and O–H groups in total. The molecule has 5 aliphatic heterocycles. The van der Waals surface area contributed by atoms with Crippen LogP contribution >= 0.6 is 0 Å². The van der Waals surface area contributed by atoms with Crippen molar-refractivity contribution in [1.82, 2.24) is 19.7 Å². The number of hydrogen-bond donors (Lipinski definition) is 3. The summed E-state index contributed by atoms with van der Waals surface area (Å²) < 4.78 is 24.1. The zero-order chi connectivity index (χ0) is 45.7. The number of aliphatic hydroxyl groups is 2. The molecule has 1 aromatic heterocycles. The molecule has 1 amide bonds. The average molecular weight is 883 g/mol. The van der Waals surface area contributed by atoms with Crippen molar-refractivity contribution in [2.24, 2.45) is 22.7 Å². The second-order valence-corrected chi connectivity index (χ2v) is 19.8. The van der Waals surface area contributed by atoms with Crippen LogP contribution in [0.25, 0.3) is 10.9 Å². The summed E-state index contributed by atoms with van der Waals surface area (Å²) in [6.45, 7) is 12.6. The number of esters is 3. The summed E-state index contributed by atoms with van der Waals surface area (Å²) in [6, 6.07) is 2.81. The molecule has 64 heavy (non-hydrogen) atoms. The molecule has 3 unspecified atom stereocenters. The first kappa shape index (κ1) is 44.8. The Bertz CT molecular complexity index is 2360.